The maximum Gasteiger partial charge on any atom is 0.222 e. The number of carbonyl (C=O) groups is 1. The molecule has 1 aromatic carbocycles. The molecule has 5 heteroatoms. The third-order valence-corrected chi connectivity index (χ3v) is 4.43. The first-order valence-corrected chi connectivity index (χ1v) is 8.79. The Morgan fingerprint density at radius 1 is 1.30 bits per heavy atom. The van der Waals surface area contributed by atoms with E-state index in [9.17, 15) is 4.79 Å². The van der Waals surface area contributed by atoms with Crippen LogP contribution < -0.4 is 4.74 Å². The topological polar surface area (TPSA) is 42.4 Å². The van der Waals surface area contributed by atoms with Crippen molar-refractivity contribution < 1.29 is 9.53 Å². The lowest BCUT2D eigenvalue weighted by Crippen LogP contribution is -2.35. The van der Waals surface area contributed by atoms with Gasteiger partial charge in [-0.25, -0.2) is 4.98 Å². The average molecular weight is 332 g/mol. The molecule has 0 aliphatic carbocycles. The van der Waals surface area contributed by atoms with Crippen molar-refractivity contribution in [3.8, 4) is 5.75 Å². The molecule has 1 aromatic heterocycles. The Hall–Kier alpha value is -1.88. The number of carbonyl (C=O) groups excluding carboxylic acids is 1. The Morgan fingerprint density at radius 2 is 2.00 bits per heavy atom. The minimum atomic E-state index is 0.158. The van der Waals surface area contributed by atoms with E-state index in [1.165, 1.54) is 5.56 Å². The van der Waals surface area contributed by atoms with E-state index in [1.807, 2.05) is 55.3 Å². The van der Waals surface area contributed by atoms with Crippen molar-refractivity contribution in [3.63, 3.8) is 0 Å². The maximum atomic E-state index is 12.0. The van der Waals surface area contributed by atoms with Crippen LogP contribution >= 0.6 is 11.3 Å². The quantitative estimate of drug-likeness (QED) is 0.764. The summed E-state index contributed by atoms with van der Waals surface area (Å²) >= 11 is 1.57. The number of benzene rings is 1. The molecular weight excluding hydrogens is 308 g/mol. The van der Waals surface area contributed by atoms with E-state index in [-0.39, 0.29) is 11.9 Å². The Bertz CT molecular complexity index is 635. The SMILES string of the molecule is CCC(=O)N(Cc1csc(COc2ccc(C)cc2)n1)C(C)C. The summed E-state index contributed by atoms with van der Waals surface area (Å²) in [5.41, 5.74) is 2.14. The van der Waals surface area contributed by atoms with Crippen LogP contribution in [0.1, 0.15) is 43.5 Å². The molecular formula is C18H24N2O2S. The van der Waals surface area contributed by atoms with E-state index >= 15 is 0 Å². The third kappa shape index (κ3) is 5.06. The number of aryl methyl sites for hydroxylation is 1. The molecule has 0 N–H and O–H groups in total. The van der Waals surface area contributed by atoms with Gasteiger partial charge in [-0.2, -0.15) is 0 Å². The van der Waals surface area contributed by atoms with Crippen molar-refractivity contribution in [2.45, 2.75) is 53.3 Å². The first-order valence-electron chi connectivity index (χ1n) is 7.91. The molecule has 1 heterocycles. The second kappa shape index (κ2) is 8.11. The molecule has 0 saturated heterocycles. The average Bonchev–Trinajstić information content (AvgIpc) is 2.99. The zero-order chi connectivity index (χ0) is 16.8. The minimum absolute atomic E-state index is 0.158. The summed E-state index contributed by atoms with van der Waals surface area (Å²) in [5.74, 6) is 1.00. The van der Waals surface area contributed by atoms with Gasteiger partial charge in [-0.05, 0) is 32.9 Å². The molecule has 0 aliphatic rings. The van der Waals surface area contributed by atoms with E-state index in [0.29, 0.717) is 19.6 Å². The Kier molecular flexibility index (Phi) is 6.16. The van der Waals surface area contributed by atoms with Gasteiger partial charge in [-0.15, -0.1) is 11.3 Å². The van der Waals surface area contributed by atoms with Crippen LogP contribution in [0.4, 0.5) is 0 Å². The predicted molar refractivity (Wildman–Crippen MR) is 93.6 cm³/mol. The highest BCUT2D eigenvalue weighted by Crippen LogP contribution is 2.18. The molecule has 0 bridgehead atoms. The van der Waals surface area contributed by atoms with Gasteiger partial charge >= 0.3 is 0 Å². The second-order valence-corrected chi connectivity index (χ2v) is 6.75. The number of rotatable bonds is 7. The number of hydrogen-bond acceptors (Lipinski definition) is 4. The van der Waals surface area contributed by atoms with E-state index in [0.717, 1.165) is 16.5 Å². The Labute approximate surface area is 142 Å². The number of aromatic nitrogens is 1. The number of ether oxygens (including phenoxy) is 1. The Balaban J connectivity index is 1.94. The van der Waals surface area contributed by atoms with Gasteiger partial charge in [-0.1, -0.05) is 24.6 Å². The van der Waals surface area contributed by atoms with Gasteiger partial charge in [-0.3, -0.25) is 4.79 Å². The fraction of sp³-hybridized carbons (Fsp3) is 0.444. The molecule has 0 radical (unpaired) electrons. The van der Waals surface area contributed by atoms with Crippen LogP contribution in [0, 0.1) is 6.92 Å². The van der Waals surface area contributed by atoms with Crippen LogP contribution in [0.15, 0.2) is 29.6 Å². The van der Waals surface area contributed by atoms with Gasteiger partial charge < -0.3 is 9.64 Å². The zero-order valence-electron chi connectivity index (χ0n) is 14.2. The van der Waals surface area contributed by atoms with Crippen LogP contribution in [0.5, 0.6) is 5.75 Å². The molecule has 1 amide bonds. The molecule has 0 atom stereocenters. The highest BCUT2D eigenvalue weighted by Gasteiger charge is 2.17. The van der Waals surface area contributed by atoms with Gasteiger partial charge in [0.25, 0.3) is 0 Å². The molecule has 0 spiro atoms. The first-order chi connectivity index (χ1) is 11.0. The van der Waals surface area contributed by atoms with Crippen molar-refractivity contribution in [2.24, 2.45) is 0 Å². The van der Waals surface area contributed by atoms with Crippen molar-refractivity contribution in [2.75, 3.05) is 0 Å². The number of thiazole rings is 1. The normalized spacial score (nSPS) is 10.8. The van der Waals surface area contributed by atoms with Crippen molar-refractivity contribution in [1.82, 2.24) is 9.88 Å². The monoisotopic (exact) mass is 332 g/mol. The predicted octanol–water partition coefficient (Wildman–Crippen LogP) is 4.18. The van der Waals surface area contributed by atoms with Gasteiger partial charge in [0.15, 0.2) is 0 Å². The molecule has 0 aliphatic heterocycles. The number of nitrogens with zero attached hydrogens (tertiary/aromatic N) is 2. The summed E-state index contributed by atoms with van der Waals surface area (Å²) in [7, 11) is 0. The number of amides is 1. The lowest BCUT2D eigenvalue weighted by molar-refractivity contribution is -0.133. The highest BCUT2D eigenvalue weighted by molar-refractivity contribution is 7.09. The van der Waals surface area contributed by atoms with Gasteiger partial charge in [0.2, 0.25) is 5.91 Å². The summed E-state index contributed by atoms with van der Waals surface area (Å²) in [4.78, 5) is 18.4. The first kappa shape index (κ1) is 17.5. The largest absolute Gasteiger partial charge is 0.486 e. The van der Waals surface area contributed by atoms with Crippen LogP contribution in [0.25, 0.3) is 0 Å². The van der Waals surface area contributed by atoms with E-state index in [4.69, 9.17) is 4.74 Å². The third-order valence-electron chi connectivity index (χ3n) is 3.56. The molecule has 0 fully saturated rings. The summed E-state index contributed by atoms with van der Waals surface area (Å²) in [6.45, 7) is 9.01. The second-order valence-electron chi connectivity index (χ2n) is 5.80. The van der Waals surface area contributed by atoms with E-state index in [2.05, 4.69) is 11.9 Å². The molecule has 4 nitrogen and oxygen atoms in total. The van der Waals surface area contributed by atoms with Crippen molar-refractivity contribution in [1.29, 1.82) is 0 Å². The van der Waals surface area contributed by atoms with Gasteiger partial charge in [0, 0.05) is 17.8 Å². The van der Waals surface area contributed by atoms with Crippen molar-refractivity contribution >= 4 is 17.2 Å². The van der Waals surface area contributed by atoms with Crippen molar-refractivity contribution in [3.05, 3.63) is 45.9 Å². The molecule has 0 unspecified atom stereocenters. The summed E-state index contributed by atoms with van der Waals surface area (Å²) in [6, 6.07) is 8.16. The highest BCUT2D eigenvalue weighted by atomic mass is 32.1. The van der Waals surface area contributed by atoms with E-state index in [1.54, 1.807) is 11.3 Å². The fourth-order valence-electron chi connectivity index (χ4n) is 2.20. The maximum absolute atomic E-state index is 12.0. The number of hydrogen-bond donors (Lipinski definition) is 0. The molecule has 0 saturated carbocycles. The van der Waals surface area contributed by atoms with Gasteiger partial charge in [0.05, 0.1) is 12.2 Å². The molecule has 124 valence electrons. The molecule has 2 aromatic rings. The molecule has 2 rings (SSSR count). The lowest BCUT2D eigenvalue weighted by Gasteiger charge is -2.25. The van der Waals surface area contributed by atoms with Gasteiger partial charge in [0.1, 0.15) is 17.4 Å². The van der Waals surface area contributed by atoms with Crippen LogP contribution in [0.2, 0.25) is 0 Å². The fourth-order valence-corrected chi connectivity index (χ4v) is 2.90. The lowest BCUT2D eigenvalue weighted by atomic mass is 10.2. The smallest absolute Gasteiger partial charge is 0.222 e. The zero-order valence-corrected chi connectivity index (χ0v) is 15.0. The van der Waals surface area contributed by atoms with Crippen LogP contribution in [0.3, 0.4) is 0 Å². The summed E-state index contributed by atoms with van der Waals surface area (Å²) in [5, 5.41) is 2.93. The van der Waals surface area contributed by atoms with Crippen LogP contribution in [-0.4, -0.2) is 21.8 Å². The minimum Gasteiger partial charge on any atom is -0.486 e. The standard InChI is InChI=1S/C18H24N2O2S/c1-5-18(21)20(13(2)3)10-15-12-23-17(19-15)11-22-16-8-6-14(4)7-9-16/h6-9,12-13H,5,10-11H2,1-4H3. The summed E-state index contributed by atoms with van der Waals surface area (Å²) in [6.07, 6.45) is 0.520. The van der Waals surface area contributed by atoms with Crippen LogP contribution in [-0.2, 0) is 17.9 Å². The molecule has 23 heavy (non-hydrogen) atoms. The Morgan fingerprint density at radius 3 is 2.61 bits per heavy atom. The van der Waals surface area contributed by atoms with E-state index < -0.39 is 0 Å². The summed E-state index contributed by atoms with van der Waals surface area (Å²) < 4.78 is 5.75.